The molecular formula is C33H41Cl2N3O4S. The van der Waals surface area contributed by atoms with E-state index in [1.54, 1.807) is 29.2 Å². The maximum absolute atomic E-state index is 14.0. The summed E-state index contributed by atoms with van der Waals surface area (Å²) in [5, 5.41) is 3.78. The van der Waals surface area contributed by atoms with Gasteiger partial charge in [0.1, 0.15) is 6.04 Å². The van der Waals surface area contributed by atoms with Crippen LogP contribution in [0.4, 0.5) is 5.69 Å². The Bertz CT molecular complexity index is 1540. The van der Waals surface area contributed by atoms with Gasteiger partial charge in [-0.3, -0.25) is 13.9 Å². The minimum atomic E-state index is -3.60. The van der Waals surface area contributed by atoms with E-state index in [0.29, 0.717) is 22.2 Å². The molecule has 0 unspecified atom stereocenters. The summed E-state index contributed by atoms with van der Waals surface area (Å²) < 4.78 is 26.8. The Morgan fingerprint density at radius 2 is 1.56 bits per heavy atom. The highest BCUT2D eigenvalue weighted by Crippen LogP contribution is 2.26. The molecule has 0 spiro atoms. The van der Waals surface area contributed by atoms with Gasteiger partial charge in [0.05, 0.1) is 22.0 Å². The molecule has 3 aromatic carbocycles. The molecule has 232 valence electrons. The molecule has 1 N–H and O–H groups in total. The van der Waals surface area contributed by atoms with Crippen molar-refractivity contribution in [1.29, 1.82) is 0 Å². The number of hydrogen-bond donors (Lipinski definition) is 1. The zero-order valence-electron chi connectivity index (χ0n) is 25.7. The Labute approximate surface area is 266 Å². The van der Waals surface area contributed by atoms with Gasteiger partial charge in [0.25, 0.3) is 0 Å². The first-order chi connectivity index (χ1) is 20.0. The standard InChI is InChI=1S/C33H41Cl2N3O4S/c1-23-14-16-27(19-24(23)2)38(43(6,41)42)18-10-13-31(39)37(22-26-15-17-28(34)29(35)20-26)30(32(40)36-33(3,4)5)21-25-11-8-7-9-12-25/h7-9,11-12,14-17,19-20,30H,10,13,18,21-22H2,1-6H3,(H,36,40)/t30-/m0/s1. The lowest BCUT2D eigenvalue weighted by Crippen LogP contribution is -2.54. The molecule has 0 aliphatic carbocycles. The van der Waals surface area contributed by atoms with Crippen molar-refractivity contribution in [2.24, 2.45) is 0 Å². The third-order valence-corrected chi connectivity index (χ3v) is 8.97. The van der Waals surface area contributed by atoms with Gasteiger partial charge in [-0.2, -0.15) is 0 Å². The lowest BCUT2D eigenvalue weighted by atomic mass is 10.00. The average molecular weight is 647 g/mol. The predicted molar refractivity (Wildman–Crippen MR) is 176 cm³/mol. The van der Waals surface area contributed by atoms with E-state index in [9.17, 15) is 18.0 Å². The van der Waals surface area contributed by atoms with Crippen LogP contribution < -0.4 is 9.62 Å². The Balaban J connectivity index is 1.93. The van der Waals surface area contributed by atoms with E-state index in [0.717, 1.165) is 28.5 Å². The fourth-order valence-corrected chi connectivity index (χ4v) is 6.00. The third kappa shape index (κ3) is 10.3. The monoisotopic (exact) mass is 645 g/mol. The van der Waals surface area contributed by atoms with E-state index in [2.05, 4.69) is 5.32 Å². The van der Waals surface area contributed by atoms with E-state index in [1.807, 2.05) is 77.1 Å². The Hall–Kier alpha value is -3.07. The first kappa shape index (κ1) is 34.4. The van der Waals surface area contributed by atoms with Gasteiger partial charge in [0.15, 0.2) is 0 Å². The number of carbonyl (C=O) groups excluding carboxylic acids is 2. The number of anilines is 1. The largest absolute Gasteiger partial charge is 0.350 e. The van der Waals surface area contributed by atoms with Crippen LogP contribution in [0.25, 0.3) is 0 Å². The minimum absolute atomic E-state index is 0.0340. The van der Waals surface area contributed by atoms with Crippen LogP contribution in [-0.2, 0) is 32.6 Å². The summed E-state index contributed by atoms with van der Waals surface area (Å²) in [5.41, 5.74) is 3.69. The third-order valence-electron chi connectivity index (χ3n) is 7.04. The second-order valence-corrected chi connectivity index (χ2v) is 14.6. The van der Waals surface area contributed by atoms with E-state index in [1.165, 1.54) is 4.31 Å². The van der Waals surface area contributed by atoms with Crippen LogP contribution in [0.1, 0.15) is 55.9 Å². The number of carbonyl (C=O) groups is 2. The number of hydrogen-bond acceptors (Lipinski definition) is 4. The lowest BCUT2D eigenvalue weighted by Gasteiger charge is -2.34. The van der Waals surface area contributed by atoms with Crippen molar-refractivity contribution < 1.29 is 18.0 Å². The van der Waals surface area contributed by atoms with E-state index in [4.69, 9.17) is 23.2 Å². The fourth-order valence-electron chi connectivity index (χ4n) is 4.73. The van der Waals surface area contributed by atoms with E-state index < -0.39 is 21.6 Å². The molecule has 3 rings (SSSR count). The smallest absolute Gasteiger partial charge is 0.243 e. The molecule has 0 fully saturated rings. The summed E-state index contributed by atoms with van der Waals surface area (Å²) >= 11 is 12.4. The van der Waals surface area contributed by atoms with Gasteiger partial charge in [0, 0.05) is 31.5 Å². The number of aryl methyl sites for hydroxylation is 2. The van der Waals surface area contributed by atoms with Gasteiger partial charge in [-0.05, 0) is 87.6 Å². The number of nitrogens with zero attached hydrogens (tertiary/aromatic N) is 2. The van der Waals surface area contributed by atoms with Crippen LogP contribution in [-0.4, -0.2) is 49.5 Å². The molecular weight excluding hydrogens is 605 g/mol. The molecule has 2 amide bonds. The van der Waals surface area contributed by atoms with Crippen molar-refractivity contribution in [2.75, 3.05) is 17.1 Å². The second-order valence-electron chi connectivity index (χ2n) is 11.9. The van der Waals surface area contributed by atoms with Crippen LogP contribution in [0.5, 0.6) is 0 Å². The summed E-state index contributed by atoms with van der Waals surface area (Å²) in [4.78, 5) is 29.3. The van der Waals surface area contributed by atoms with Gasteiger partial charge >= 0.3 is 0 Å². The topological polar surface area (TPSA) is 86.8 Å². The number of rotatable bonds is 12. The van der Waals surface area contributed by atoms with Crippen LogP contribution in [0.3, 0.4) is 0 Å². The molecule has 43 heavy (non-hydrogen) atoms. The number of amides is 2. The van der Waals surface area contributed by atoms with Gasteiger partial charge in [0.2, 0.25) is 21.8 Å². The highest BCUT2D eigenvalue weighted by molar-refractivity contribution is 7.92. The molecule has 0 bridgehead atoms. The summed E-state index contributed by atoms with van der Waals surface area (Å²) in [6.07, 6.45) is 1.75. The summed E-state index contributed by atoms with van der Waals surface area (Å²) in [7, 11) is -3.60. The second kappa shape index (κ2) is 14.6. The summed E-state index contributed by atoms with van der Waals surface area (Å²) in [6, 6.07) is 19.3. The number of halogens is 2. The summed E-state index contributed by atoms with van der Waals surface area (Å²) in [5.74, 6) is -0.553. The van der Waals surface area contributed by atoms with Gasteiger partial charge in [-0.25, -0.2) is 8.42 Å². The van der Waals surface area contributed by atoms with Crippen molar-refractivity contribution >= 4 is 50.7 Å². The molecule has 0 aromatic heterocycles. The van der Waals surface area contributed by atoms with Crippen molar-refractivity contribution in [3.8, 4) is 0 Å². The number of nitrogens with one attached hydrogen (secondary N) is 1. The zero-order chi connectivity index (χ0) is 31.9. The Morgan fingerprint density at radius 3 is 2.14 bits per heavy atom. The van der Waals surface area contributed by atoms with Gasteiger partial charge < -0.3 is 10.2 Å². The molecule has 10 heteroatoms. The Morgan fingerprint density at radius 1 is 0.884 bits per heavy atom. The zero-order valence-corrected chi connectivity index (χ0v) is 28.0. The Kier molecular flexibility index (Phi) is 11.7. The van der Waals surface area contributed by atoms with Gasteiger partial charge in [-0.1, -0.05) is 65.7 Å². The van der Waals surface area contributed by atoms with Crippen LogP contribution in [0.15, 0.2) is 66.7 Å². The molecule has 3 aromatic rings. The highest BCUT2D eigenvalue weighted by Gasteiger charge is 2.32. The first-order valence-electron chi connectivity index (χ1n) is 14.2. The minimum Gasteiger partial charge on any atom is -0.350 e. The molecule has 1 atom stereocenters. The average Bonchev–Trinajstić information content (AvgIpc) is 2.91. The molecule has 0 saturated heterocycles. The lowest BCUT2D eigenvalue weighted by molar-refractivity contribution is -0.142. The number of sulfonamides is 1. The van der Waals surface area contributed by atoms with Crippen molar-refractivity contribution in [2.45, 2.75) is 72.0 Å². The van der Waals surface area contributed by atoms with Crippen molar-refractivity contribution in [3.63, 3.8) is 0 Å². The summed E-state index contributed by atoms with van der Waals surface area (Å²) in [6.45, 7) is 9.81. The molecule has 0 saturated carbocycles. The SMILES string of the molecule is Cc1ccc(N(CCCC(=O)N(Cc2ccc(Cl)c(Cl)c2)[C@@H](Cc2ccccc2)C(=O)NC(C)(C)C)S(C)(=O)=O)cc1C. The van der Waals surface area contributed by atoms with Crippen LogP contribution in [0, 0.1) is 13.8 Å². The molecule has 0 aliphatic rings. The van der Waals surface area contributed by atoms with E-state index >= 15 is 0 Å². The fraction of sp³-hybridized carbons (Fsp3) is 0.394. The van der Waals surface area contributed by atoms with E-state index in [-0.39, 0.29) is 37.7 Å². The molecule has 0 aliphatic heterocycles. The highest BCUT2D eigenvalue weighted by atomic mass is 35.5. The molecule has 0 heterocycles. The number of benzene rings is 3. The molecule has 7 nitrogen and oxygen atoms in total. The quantitative estimate of drug-likeness (QED) is 0.237. The van der Waals surface area contributed by atoms with Crippen LogP contribution in [0.2, 0.25) is 10.0 Å². The first-order valence-corrected chi connectivity index (χ1v) is 16.8. The maximum Gasteiger partial charge on any atom is 0.243 e. The van der Waals surface area contributed by atoms with Crippen molar-refractivity contribution in [3.05, 3.63) is 99.0 Å². The maximum atomic E-state index is 14.0. The molecule has 0 radical (unpaired) electrons. The van der Waals surface area contributed by atoms with Crippen LogP contribution >= 0.6 is 23.2 Å². The van der Waals surface area contributed by atoms with Crippen molar-refractivity contribution in [1.82, 2.24) is 10.2 Å². The normalized spacial score (nSPS) is 12.5. The van der Waals surface area contributed by atoms with Gasteiger partial charge in [-0.15, -0.1) is 0 Å². The predicted octanol–water partition coefficient (Wildman–Crippen LogP) is 6.71.